The number of anilines is 1. The molecule has 0 saturated heterocycles. The van der Waals surface area contributed by atoms with Crippen LogP contribution in [0, 0.1) is 5.92 Å². The van der Waals surface area contributed by atoms with Crippen molar-refractivity contribution in [1.29, 1.82) is 0 Å². The number of benzene rings is 2. The molecule has 1 aliphatic rings. The predicted molar refractivity (Wildman–Crippen MR) is 119 cm³/mol. The van der Waals surface area contributed by atoms with Gasteiger partial charge in [0, 0.05) is 33.0 Å². The number of rotatable bonds is 4. The van der Waals surface area contributed by atoms with Crippen LogP contribution in [0.2, 0.25) is 0 Å². The molecule has 7 heteroatoms. The average molecular weight is 458 g/mol. The third-order valence-corrected chi connectivity index (χ3v) is 5.89. The van der Waals surface area contributed by atoms with Crippen LogP contribution in [0.5, 0.6) is 0 Å². The minimum Gasteiger partial charge on any atom is -0.465 e. The molecule has 152 valence electrons. The second-order valence-electron chi connectivity index (χ2n) is 8.76. The lowest BCUT2D eigenvalue weighted by atomic mass is 10.0. The molecule has 29 heavy (non-hydrogen) atoms. The van der Waals surface area contributed by atoms with E-state index in [-0.39, 0.29) is 0 Å². The zero-order chi connectivity index (χ0) is 21.1. The number of carboxylic acid groups (broad SMARTS) is 1. The maximum atomic E-state index is 12.2. The second-order valence-corrected chi connectivity index (χ2v) is 9.67. The van der Waals surface area contributed by atoms with Crippen molar-refractivity contribution in [3.05, 3.63) is 40.4 Å². The summed E-state index contributed by atoms with van der Waals surface area (Å²) in [5.74, 6) is 0.0956. The highest BCUT2D eigenvalue weighted by Gasteiger charge is 2.30. The Hall–Kier alpha value is -2.54. The molecule has 0 atom stereocenters. The number of primary amides is 1. The fraction of sp³-hybridized carbons (Fsp3) is 0.364. The summed E-state index contributed by atoms with van der Waals surface area (Å²) in [5, 5.41) is 11.7. The van der Waals surface area contributed by atoms with Crippen LogP contribution in [-0.4, -0.2) is 27.2 Å². The van der Waals surface area contributed by atoms with Gasteiger partial charge in [0.1, 0.15) is 0 Å². The van der Waals surface area contributed by atoms with E-state index in [1.807, 2.05) is 45.0 Å². The van der Waals surface area contributed by atoms with Gasteiger partial charge in [0.2, 0.25) is 0 Å². The third-order valence-electron chi connectivity index (χ3n) is 5.43. The molecule has 1 aliphatic carbocycles. The monoisotopic (exact) mass is 457 g/mol. The fourth-order valence-corrected chi connectivity index (χ4v) is 4.50. The molecule has 4 rings (SSSR count). The normalized spacial score (nSPS) is 14.5. The van der Waals surface area contributed by atoms with Gasteiger partial charge in [0.15, 0.2) is 0 Å². The van der Waals surface area contributed by atoms with Gasteiger partial charge in [-0.25, -0.2) is 4.79 Å². The zero-order valence-corrected chi connectivity index (χ0v) is 18.3. The van der Waals surface area contributed by atoms with Crippen LogP contribution in [-0.2, 0) is 6.54 Å². The van der Waals surface area contributed by atoms with Gasteiger partial charge >= 0.3 is 6.09 Å². The first-order chi connectivity index (χ1) is 13.6. The third kappa shape index (κ3) is 3.48. The molecular formula is C22H24BrN3O3. The van der Waals surface area contributed by atoms with E-state index in [4.69, 9.17) is 5.73 Å². The van der Waals surface area contributed by atoms with Crippen LogP contribution >= 0.6 is 15.9 Å². The smallest absolute Gasteiger partial charge is 0.412 e. The molecule has 2 aromatic carbocycles. The van der Waals surface area contributed by atoms with E-state index >= 15 is 0 Å². The molecule has 0 spiro atoms. The summed E-state index contributed by atoms with van der Waals surface area (Å²) < 4.78 is 2.93. The van der Waals surface area contributed by atoms with Gasteiger partial charge in [0.25, 0.3) is 5.91 Å². The van der Waals surface area contributed by atoms with Crippen LogP contribution in [0.3, 0.4) is 0 Å². The van der Waals surface area contributed by atoms with Crippen LogP contribution in [0.1, 0.15) is 44.0 Å². The summed E-state index contributed by atoms with van der Waals surface area (Å²) in [7, 11) is 0. The number of nitrogens with two attached hydrogens (primary N) is 1. The number of hydrogen-bond donors (Lipinski definition) is 2. The molecule has 6 nitrogen and oxygen atoms in total. The van der Waals surface area contributed by atoms with E-state index in [0.29, 0.717) is 17.2 Å². The van der Waals surface area contributed by atoms with E-state index in [1.165, 1.54) is 4.90 Å². The first-order valence-corrected chi connectivity index (χ1v) is 10.5. The lowest BCUT2D eigenvalue weighted by Gasteiger charge is -2.33. The van der Waals surface area contributed by atoms with Gasteiger partial charge in [-0.1, -0.05) is 22.0 Å². The largest absolute Gasteiger partial charge is 0.465 e. The first-order valence-electron chi connectivity index (χ1n) is 9.66. The van der Waals surface area contributed by atoms with Crippen molar-refractivity contribution < 1.29 is 14.7 Å². The summed E-state index contributed by atoms with van der Waals surface area (Å²) in [6.07, 6.45) is 1.32. The molecule has 3 aromatic rings. The van der Waals surface area contributed by atoms with Gasteiger partial charge < -0.3 is 15.4 Å². The molecule has 2 amide bonds. The maximum absolute atomic E-state index is 12.2. The highest BCUT2D eigenvalue weighted by Crippen LogP contribution is 2.40. The Bertz CT molecular complexity index is 1160. The molecule has 1 fully saturated rings. The standard InChI is InChI=1S/C22H24BrN3O3/c1-22(2,3)26(21(28)29)14-6-7-15-16-8-13(23)9-17(20(24)27)19(16)25(18(15)10-14)11-12-4-5-12/h6-10,12H,4-5,11H2,1-3H3,(H2,24,27)(H,28,29). The van der Waals surface area contributed by atoms with Gasteiger partial charge in [-0.3, -0.25) is 9.69 Å². The summed E-state index contributed by atoms with van der Waals surface area (Å²) in [6, 6.07) is 9.43. The summed E-state index contributed by atoms with van der Waals surface area (Å²) in [4.78, 5) is 25.5. The van der Waals surface area contributed by atoms with E-state index in [0.717, 1.165) is 45.7 Å². The number of carbonyl (C=O) groups excluding carboxylic acids is 1. The summed E-state index contributed by atoms with van der Waals surface area (Å²) >= 11 is 3.49. The van der Waals surface area contributed by atoms with Gasteiger partial charge in [-0.15, -0.1) is 0 Å². The van der Waals surface area contributed by atoms with E-state index < -0.39 is 17.5 Å². The number of carbonyl (C=O) groups is 2. The topological polar surface area (TPSA) is 88.6 Å². The van der Waals surface area contributed by atoms with E-state index in [1.54, 1.807) is 6.07 Å². The highest BCUT2D eigenvalue weighted by atomic mass is 79.9. The summed E-state index contributed by atoms with van der Waals surface area (Å²) in [6.45, 7) is 6.39. The first kappa shape index (κ1) is 19.8. The van der Waals surface area contributed by atoms with E-state index in [2.05, 4.69) is 20.5 Å². The zero-order valence-electron chi connectivity index (χ0n) is 16.7. The highest BCUT2D eigenvalue weighted by molar-refractivity contribution is 9.10. The van der Waals surface area contributed by atoms with Crippen molar-refractivity contribution in [2.24, 2.45) is 11.7 Å². The number of nitrogens with zero attached hydrogens (tertiary/aromatic N) is 2. The number of amides is 2. The van der Waals surface area contributed by atoms with Crippen molar-refractivity contribution in [2.45, 2.75) is 45.7 Å². The molecular weight excluding hydrogens is 434 g/mol. The van der Waals surface area contributed by atoms with Crippen molar-refractivity contribution in [2.75, 3.05) is 4.90 Å². The number of hydrogen-bond acceptors (Lipinski definition) is 2. The predicted octanol–water partition coefficient (Wildman–Crippen LogP) is 5.35. The fourth-order valence-electron chi connectivity index (χ4n) is 4.05. The molecule has 1 aromatic heterocycles. The SMILES string of the molecule is CC(C)(C)N(C(=O)O)c1ccc2c3cc(Br)cc(C(N)=O)c3n(CC3CC3)c2c1. The van der Waals surface area contributed by atoms with Gasteiger partial charge in [0.05, 0.1) is 16.6 Å². The Morgan fingerprint density at radius 1 is 1.21 bits per heavy atom. The van der Waals surface area contributed by atoms with Crippen molar-refractivity contribution >= 4 is 55.4 Å². The minimum absolute atomic E-state index is 0.471. The Kier molecular flexibility index (Phi) is 4.61. The van der Waals surface area contributed by atoms with Crippen molar-refractivity contribution in [3.63, 3.8) is 0 Å². The minimum atomic E-state index is -0.998. The van der Waals surface area contributed by atoms with Crippen LogP contribution in [0.4, 0.5) is 10.5 Å². The lowest BCUT2D eigenvalue weighted by molar-refractivity contribution is 0.100. The van der Waals surface area contributed by atoms with Crippen LogP contribution in [0.15, 0.2) is 34.8 Å². The molecule has 0 unspecified atom stereocenters. The van der Waals surface area contributed by atoms with Crippen LogP contribution < -0.4 is 10.6 Å². The molecule has 0 aliphatic heterocycles. The average Bonchev–Trinajstić information content (AvgIpc) is 3.36. The van der Waals surface area contributed by atoms with Crippen molar-refractivity contribution in [1.82, 2.24) is 4.57 Å². The number of halogens is 1. The molecule has 1 heterocycles. The summed E-state index contributed by atoms with van der Waals surface area (Å²) in [5.41, 5.74) is 7.93. The molecule has 0 bridgehead atoms. The number of fused-ring (bicyclic) bond motifs is 3. The molecule has 0 radical (unpaired) electrons. The van der Waals surface area contributed by atoms with Gasteiger partial charge in [-0.2, -0.15) is 0 Å². The maximum Gasteiger partial charge on any atom is 0.412 e. The lowest BCUT2D eigenvalue weighted by Crippen LogP contribution is -2.45. The van der Waals surface area contributed by atoms with Gasteiger partial charge in [-0.05, 0) is 63.8 Å². The Labute approximate surface area is 177 Å². The quantitative estimate of drug-likeness (QED) is 0.553. The van der Waals surface area contributed by atoms with E-state index in [9.17, 15) is 14.7 Å². The Morgan fingerprint density at radius 3 is 2.45 bits per heavy atom. The Morgan fingerprint density at radius 2 is 1.90 bits per heavy atom. The Balaban J connectivity index is 2.05. The van der Waals surface area contributed by atoms with Crippen LogP contribution in [0.25, 0.3) is 21.8 Å². The number of aromatic nitrogens is 1. The second kappa shape index (κ2) is 6.76. The molecule has 3 N–H and O–H groups in total. The molecule has 1 saturated carbocycles. The van der Waals surface area contributed by atoms with Crippen molar-refractivity contribution in [3.8, 4) is 0 Å².